The van der Waals surface area contributed by atoms with Gasteiger partial charge in [0.15, 0.2) is 0 Å². The summed E-state index contributed by atoms with van der Waals surface area (Å²) in [6.45, 7) is 16.4. The molecule has 16 heavy (non-hydrogen) atoms. The smallest absolute Gasteiger partial charge is 0.0877 e. The van der Waals surface area contributed by atoms with Crippen molar-refractivity contribution in [2.24, 2.45) is 11.1 Å². The maximum Gasteiger partial charge on any atom is 0.0877 e. The fourth-order valence-electron chi connectivity index (χ4n) is 1.31. The molecule has 0 aromatic heterocycles. The van der Waals surface area contributed by atoms with Gasteiger partial charge in [0.25, 0.3) is 0 Å². The highest BCUT2D eigenvalue weighted by atomic mass is 31.2. The Morgan fingerprint density at radius 3 is 1.25 bits per heavy atom. The van der Waals surface area contributed by atoms with Crippen LogP contribution in [0.15, 0.2) is 0 Å². The largest absolute Gasteiger partial charge is 0.326 e. The molecule has 0 bridgehead atoms. The third kappa shape index (κ3) is 16.6. The Bertz CT molecular complexity index is 209. The van der Waals surface area contributed by atoms with Gasteiger partial charge in [-0.3, -0.25) is 0 Å². The minimum atomic E-state index is -1.80. The Morgan fingerprint density at radius 1 is 0.938 bits per heavy atom. The van der Waals surface area contributed by atoms with Crippen molar-refractivity contribution in [3.63, 3.8) is 0 Å². The molecular formula is C13H32NOP. The number of nitrogens with two attached hydrogens (primary N) is 1. The van der Waals surface area contributed by atoms with Crippen LogP contribution in [0.4, 0.5) is 0 Å². The summed E-state index contributed by atoms with van der Waals surface area (Å²) >= 11 is 0. The second kappa shape index (κ2) is 6.81. The summed E-state index contributed by atoms with van der Waals surface area (Å²) < 4.78 is 12.0. The third-order valence-electron chi connectivity index (χ3n) is 1.92. The first-order valence-electron chi connectivity index (χ1n) is 6.19. The average molecular weight is 249 g/mol. The first-order valence-corrected chi connectivity index (χ1v) is 8.45. The van der Waals surface area contributed by atoms with Crippen molar-refractivity contribution in [3.8, 4) is 0 Å². The van der Waals surface area contributed by atoms with Crippen LogP contribution in [0.25, 0.3) is 0 Å². The molecule has 0 unspecified atom stereocenters. The highest BCUT2D eigenvalue weighted by molar-refractivity contribution is 7.63. The molecule has 2 N–H and O–H groups in total. The summed E-state index contributed by atoms with van der Waals surface area (Å²) in [4.78, 5) is 0. The van der Waals surface area contributed by atoms with Crippen LogP contribution in [0.5, 0.6) is 0 Å². The molecule has 2 nitrogen and oxygen atoms in total. The Balaban J connectivity index is 0. The molecule has 0 heterocycles. The van der Waals surface area contributed by atoms with Crippen molar-refractivity contribution in [1.82, 2.24) is 0 Å². The van der Waals surface area contributed by atoms with Gasteiger partial charge in [0, 0.05) is 11.7 Å². The fraction of sp³-hybridized carbons (Fsp3) is 1.00. The molecule has 100 valence electrons. The van der Waals surface area contributed by atoms with Crippen LogP contribution in [0.2, 0.25) is 0 Å². The van der Waals surface area contributed by atoms with E-state index in [0.717, 1.165) is 18.5 Å². The molecule has 0 aliphatic carbocycles. The van der Waals surface area contributed by atoms with E-state index in [9.17, 15) is 4.57 Å². The summed E-state index contributed by atoms with van der Waals surface area (Å²) in [5.74, 6) is 0. The third-order valence-corrected chi connectivity index (χ3v) is 5.75. The summed E-state index contributed by atoms with van der Waals surface area (Å²) in [5.41, 5.74) is 5.58. The van der Waals surface area contributed by atoms with Crippen LogP contribution >= 0.6 is 7.14 Å². The second-order valence-corrected chi connectivity index (χ2v) is 10.5. The molecule has 0 aliphatic rings. The molecule has 0 radical (unpaired) electrons. The van der Waals surface area contributed by atoms with E-state index in [0.29, 0.717) is 0 Å². The molecule has 0 amide bonds. The van der Waals surface area contributed by atoms with Gasteiger partial charge in [-0.05, 0) is 38.5 Å². The molecule has 0 rings (SSSR count). The van der Waals surface area contributed by atoms with E-state index in [1.54, 1.807) is 0 Å². The zero-order valence-corrected chi connectivity index (χ0v) is 13.4. The van der Waals surface area contributed by atoms with E-state index in [2.05, 4.69) is 20.8 Å². The molecule has 0 fully saturated rings. The highest BCUT2D eigenvalue weighted by Crippen LogP contribution is 2.49. The lowest BCUT2D eigenvalue weighted by Crippen LogP contribution is -2.26. The monoisotopic (exact) mass is 249 g/mol. The highest BCUT2D eigenvalue weighted by Gasteiger charge is 2.24. The number of hydrogen-bond acceptors (Lipinski definition) is 2. The predicted octanol–water partition coefficient (Wildman–Crippen LogP) is 4.18. The van der Waals surface area contributed by atoms with Crippen molar-refractivity contribution in [1.29, 1.82) is 0 Å². The topological polar surface area (TPSA) is 43.1 Å². The molecule has 0 atom stereocenters. The van der Waals surface area contributed by atoms with Gasteiger partial charge in [-0.25, -0.2) is 0 Å². The van der Waals surface area contributed by atoms with Crippen LogP contribution in [0.1, 0.15) is 55.4 Å². The average Bonchev–Trinajstić information content (AvgIpc) is 1.98. The summed E-state index contributed by atoms with van der Waals surface area (Å²) in [6.07, 6.45) is 2.62. The molecular weight excluding hydrogens is 217 g/mol. The molecule has 0 aliphatic heterocycles. The Kier molecular flexibility index (Phi) is 7.90. The molecule has 0 saturated carbocycles. The van der Waals surface area contributed by atoms with Gasteiger partial charge in [-0.15, -0.1) is 0 Å². The summed E-state index contributed by atoms with van der Waals surface area (Å²) in [7, 11) is -1.80. The Labute approximate surface area is 103 Å². The van der Waals surface area contributed by atoms with E-state index in [-0.39, 0.29) is 11.0 Å². The standard InChI is InChI=1S/C9H21OP.C4H11N/c1-6-11(10,7-2)8-9(3,4)5;1-4(2,3)5/h6-8H2,1-5H3;5H2,1-3H3. The number of hydrogen-bond donors (Lipinski definition) is 1. The van der Waals surface area contributed by atoms with Crippen molar-refractivity contribution >= 4 is 7.14 Å². The molecule has 0 saturated heterocycles. The fourth-order valence-corrected chi connectivity index (χ4v) is 3.94. The first kappa shape index (κ1) is 18.6. The molecule has 0 aromatic carbocycles. The minimum Gasteiger partial charge on any atom is -0.326 e. The van der Waals surface area contributed by atoms with Crippen LogP contribution in [0, 0.1) is 5.41 Å². The van der Waals surface area contributed by atoms with E-state index in [1.807, 2.05) is 34.6 Å². The van der Waals surface area contributed by atoms with Crippen LogP contribution in [0.3, 0.4) is 0 Å². The van der Waals surface area contributed by atoms with Crippen molar-refractivity contribution < 1.29 is 4.57 Å². The van der Waals surface area contributed by atoms with Crippen LogP contribution in [-0.4, -0.2) is 24.0 Å². The molecule has 3 heteroatoms. The lowest BCUT2D eigenvalue weighted by atomic mass is 10.0. The SMILES string of the molecule is CC(C)(C)N.CCP(=O)(CC)CC(C)(C)C. The van der Waals surface area contributed by atoms with Gasteiger partial charge in [0.2, 0.25) is 0 Å². The van der Waals surface area contributed by atoms with Crippen molar-refractivity contribution in [2.45, 2.75) is 60.9 Å². The predicted molar refractivity (Wildman–Crippen MR) is 77.0 cm³/mol. The summed E-state index contributed by atoms with van der Waals surface area (Å²) in [5, 5.41) is 0. The zero-order valence-electron chi connectivity index (χ0n) is 12.6. The molecule has 0 aromatic rings. The Morgan fingerprint density at radius 2 is 1.19 bits per heavy atom. The maximum atomic E-state index is 12.0. The van der Waals surface area contributed by atoms with E-state index in [4.69, 9.17) is 5.73 Å². The van der Waals surface area contributed by atoms with Crippen molar-refractivity contribution in [3.05, 3.63) is 0 Å². The van der Waals surface area contributed by atoms with Crippen LogP contribution < -0.4 is 5.73 Å². The quantitative estimate of drug-likeness (QED) is 0.762. The lowest BCUT2D eigenvalue weighted by molar-refractivity contribution is 0.461. The second-order valence-electron chi connectivity index (χ2n) is 6.78. The van der Waals surface area contributed by atoms with Gasteiger partial charge in [-0.1, -0.05) is 34.6 Å². The van der Waals surface area contributed by atoms with Crippen LogP contribution in [-0.2, 0) is 4.57 Å². The normalized spacial score (nSPS) is 13.1. The zero-order chi connectivity index (χ0) is 13.6. The number of rotatable bonds is 3. The lowest BCUT2D eigenvalue weighted by Gasteiger charge is -2.24. The van der Waals surface area contributed by atoms with E-state index in [1.165, 1.54) is 0 Å². The van der Waals surface area contributed by atoms with E-state index < -0.39 is 7.14 Å². The van der Waals surface area contributed by atoms with E-state index >= 15 is 0 Å². The maximum absolute atomic E-state index is 12.0. The molecule has 0 spiro atoms. The van der Waals surface area contributed by atoms with Gasteiger partial charge < -0.3 is 10.3 Å². The van der Waals surface area contributed by atoms with Gasteiger partial charge in [-0.2, -0.15) is 0 Å². The first-order chi connectivity index (χ1) is 6.83. The minimum absolute atomic E-state index is 0. The van der Waals surface area contributed by atoms with Gasteiger partial charge >= 0.3 is 0 Å². The summed E-state index contributed by atoms with van der Waals surface area (Å²) in [6, 6.07) is 0. The van der Waals surface area contributed by atoms with Gasteiger partial charge in [0.1, 0.15) is 0 Å². The van der Waals surface area contributed by atoms with Crippen molar-refractivity contribution in [2.75, 3.05) is 18.5 Å². The van der Waals surface area contributed by atoms with Gasteiger partial charge in [0.05, 0.1) is 7.14 Å². The Hall–Kier alpha value is 0.190.